The zero-order valence-electron chi connectivity index (χ0n) is 11.4. The number of ether oxygens (including phenoxy) is 1. The Morgan fingerprint density at radius 3 is 2.35 bits per heavy atom. The van der Waals surface area contributed by atoms with Gasteiger partial charge in [-0.15, -0.1) is 0 Å². The highest BCUT2D eigenvalue weighted by atomic mass is 16.5. The first-order valence-electron chi connectivity index (χ1n) is 7.49. The third-order valence-corrected chi connectivity index (χ3v) is 5.69. The first-order valence-corrected chi connectivity index (χ1v) is 7.49. The van der Waals surface area contributed by atoms with Gasteiger partial charge in [-0.3, -0.25) is 0 Å². The normalized spacial score (nSPS) is 46.1. The van der Waals surface area contributed by atoms with Crippen molar-refractivity contribution in [3.63, 3.8) is 0 Å². The molecule has 2 nitrogen and oxygen atoms in total. The van der Waals surface area contributed by atoms with E-state index in [1.807, 2.05) is 0 Å². The summed E-state index contributed by atoms with van der Waals surface area (Å²) in [6.07, 6.45) is 10.6. The van der Waals surface area contributed by atoms with Crippen LogP contribution < -0.4 is 5.73 Å². The fraction of sp³-hybridized carbons (Fsp3) is 1.00. The van der Waals surface area contributed by atoms with Gasteiger partial charge in [-0.1, -0.05) is 19.3 Å². The van der Waals surface area contributed by atoms with Gasteiger partial charge in [0.15, 0.2) is 0 Å². The van der Waals surface area contributed by atoms with Crippen molar-refractivity contribution in [1.82, 2.24) is 0 Å². The molecule has 2 saturated heterocycles. The van der Waals surface area contributed by atoms with Crippen LogP contribution in [-0.2, 0) is 4.74 Å². The van der Waals surface area contributed by atoms with Gasteiger partial charge >= 0.3 is 0 Å². The molecule has 2 N–H and O–H groups in total. The molecule has 0 aromatic carbocycles. The maximum Gasteiger partial charge on any atom is 0.0732 e. The molecule has 0 aromatic heterocycles. The highest BCUT2D eigenvalue weighted by Gasteiger charge is 2.57. The van der Waals surface area contributed by atoms with Gasteiger partial charge in [-0.05, 0) is 51.9 Å². The summed E-state index contributed by atoms with van der Waals surface area (Å²) in [5, 5.41) is 0. The molecule has 0 aromatic rings. The van der Waals surface area contributed by atoms with Crippen molar-refractivity contribution >= 4 is 0 Å². The molecule has 2 aliphatic carbocycles. The number of hydrogen-bond donors (Lipinski definition) is 1. The first-order chi connectivity index (χ1) is 8.04. The lowest BCUT2D eigenvalue weighted by molar-refractivity contribution is -0.267. The number of rotatable bonds is 1. The van der Waals surface area contributed by atoms with Crippen molar-refractivity contribution in [2.45, 2.75) is 82.5 Å². The van der Waals surface area contributed by atoms with Crippen LogP contribution in [0.4, 0.5) is 0 Å². The summed E-state index contributed by atoms with van der Waals surface area (Å²) < 4.78 is 6.59. The molecule has 0 amide bonds. The summed E-state index contributed by atoms with van der Waals surface area (Å²) in [6, 6.07) is 0.370. The van der Waals surface area contributed by atoms with E-state index in [2.05, 4.69) is 13.8 Å². The molecular weight excluding hydrogens is 210 g/mol. The minimum Gasteiger partial charge on any atom is -0.368 e. The van der Waals surface area contributed by atoms with Crippen LogP contribution in [0.1, 0.15) is 65.2 Å². The lowest BCUT2D eigenvalue weighted by atomic mass is 9.60. The Hall–Kier alpha value is -0.0800. The van der Waals surface area contributed by atoms with Crippen molar-refractivity contribution in [3.8, 4) is 0 Å². The molecule has 2 bridgehead atoms. The van der Waals surface area contributed by atoms with E-state index >= 15 is 0 Å². The fourth-order valence-corrected chi connectivity index (χ4v) is 4.90. The Labute approximate surface area is 105 Å². The summed E-state index contributed by atoms with van der Waals surface area (Å²) in [4.78, 5) is 0. The second-order valence-corrected chi connectivity index (χ2v) is 7.12. The minimum atomic E-state index is 0.00731. The molecule has 4 rings (SSSR count). The average molecular weight is 237 g/mol. The standard InChI is InChI=1S/C15H27NO/c1-14(2)12-8-9-15(17-14,10-13(12)16)11-6-4-3-5-7-11/h11-13H,3-10,16H2,1-2H3/t12-,13-,15+/m1/s1. The van der Waals surface area contributed by atoms with Crippen molar-refractivity contribution in [2.75, 3.05) is 0 Å². The molecule has 2 heteroatoms. The Bertz CT molecular complexity index is 295. The van der Waals surface area contributed by atoms with E-state index in [1.54, 1.807) is 0 Å². The van der Waals surface area contributed by atoms with Crippen molar-refractivity contribution < 1.29 is 4.74 Å². The van der Waals surface area contributed by atoms with Crippen LogP contribution >= 0.6 is 0 Å². The molecule has 17 heavy (non-hydrogen) atoms. The SMILES string of the molecule is CC1(C)O[C@@]2(C3CCCCC3)CC[C@@H]1[C@H](N)C2. The van der Waals surface area contributed by atoms with Crippen molar-refractivity contribution in [2.24, 2.45) is 17.6 Å². The Kier molecular flexibility index (Phi) is 2.79. The van der Waals surface area contributed by atoms with E-state index < -0.39 is 0 Å². The lowest BCUT2D eigenvalue weighted by Crippen LogP contribution is -2.65. The Morgan fingerprint density at radius 1 is 1.06 bits per heavy atom. The highest BCUT2D eigenvalue weighted by molar-refractivity contribution is 5.08. The fourth-order valence-electron chi connectivity index (χ4n) is 4.90. The van der Waals surface area contributed by atoms with E-state index in [0.29, 0.717) is 12.0 Å². The quantitative estimate of drug-likeness (QED) is 0.760. The van der Waals surface area contributed by atoms with Crippen LogP contribution in [0.25, 0.3) is 0 Å². The molecule has 2 heterocycles. The first kappa shape index (κ1) is 12.0. The zero-order valence-corrected chi connectivity index (χ0v) is 11.4. The molecule has 3 atom stereocenters. The average Bonchev–Trinajstić information content (AvgIpc) is 2.28. The van der Waals surface area contributed by atoms with E-state index in [9.17, 15) is 0 Å². The lowest BCUT2D eigenvalue weighted by Gasteiger charge is -2.60. The molecule has 0 spiro atoms. The number of fused-ring (bicyclic) bond motifs is 3. The summed E-state index contributed by atoms with van der Waals surface area (Å²) in [5.74, 6) is 1.36. The summed E-state index contributed by atoms with van der Waals surface area (Å²) in [5.41, 5.74) is 6.55. The third-order valence-electron chi connectivity index (χ3n) is 5.69. The predicted molar refractivity (Wildman–Crippen MR) is 69.8 cm³/mol. The van der Waals surface area contributed by atoms with Gasteiger partial charge in [-0.25, -0.2) is 0 Å². The van der Waals surface area contributed by atoms with Gasteiger partial charge in [0.05, 0.1) is 11.2 Å². The molecule has 2 saturated carbocycles. The van der Waals surface area contributed by atoms with Gasteiger partial charge < -0.3 is 10.5 Å². The maximum atomic E-state index is 6.59. The summed E-state index contributed by atoms with van der Waals surface area (Å²) in [6.45, 7) is 4.51. The second kappa shape index (κ2) is 3.96. The van der Waals surface area contributed by atoms with Gasteiger partial charge in [0.2, 0.25) is 0 Å². The highest BCUT2D eigenvalue weighted by Crippen LogP contribution is 2.54. The van der Waals surface area contributed by atoms with Gasteiger partial charge in [0, 0.05) is 12.0 Å². The Balaban J connectivity index is 1.85. The zero-order chi connectivity index (χ0) is 12.1. The third kappa shape index (κ3) is 1.84. The molecule has 2 aliphatic heterocycles. The van der Waals surface area contributed by atoms with Gasteiger partial charge in [0.1, 0.15) is 0 Å². The molecule has 0 unspecified atom stereocenters. The predicted octanol–water partition coefficient (Wildman–Crippen LogP) is 3.24. The largest absolute Gasteiger partial charge is 0.368 e. The molecule has 0 radical (unpaired) electrons. The smallest absolute Gasteiger partial charge is 0.0732 e. The molecule has 98 valence electrons. The van der Waals surface area contributed by atoms with Crippen LogP contribution in [0, 0.1) is 11.8 Å². The molecule has 4 fully saturated rings. The summed E-state index contributed by atoms with van der Waals surface area (Å²) >= 11 is 0. The summed E-state index contributed by atoms with van der Waals surface area (Å²) in [7, 11) is 0. The van der Waals surface area contributed by atoms with Crippen LogP contribution in [0.15, 0.2) is 0 Å². The second-order valence-electron chi connectivity index (χ2n) is 7.12. The maximum absolute atomic E-state index is 6.59. The van der Waals surface area contributed by atoms with Crippen LogP contribution in [0.2, 0.25) is 0 Å². The number of nitrogens with two attached hydrogens (primary N) is 1. The van der Waals surface area contributed by atoms with Crippen LogP contribution in [0.5, 0.6) is 0 Å². The monoisotopic (exact) mass is 237 g/mol. The van der Waals surface area contributed by atoms with Crippen LogP contribution in [-0.4, -0.2) is 17.2 Å². The molecule has 4 aliphatic rings. The molecular formula is C15H27NO. The van der Waals surface area contributed by atoms with E-state index in [-0.39, 0.29) is 11.2 Å². The van der Waals surface area contributed by atoms with Crippen molar-refractivity contribution in [3.05, 3.63) is 0 Å². The topological polar surface area (TPSA) is 35.2 Å². The van der Waals surface area contributed by atoms with E-state index in [1.165, 1.54) is 44.9 Å². The Morgan fingerprint density at radius 2 is 1.76 bits per heavy atom. The van der Waals surface area contributed by atoms with Gasteiger partial charge in [0.25, 0.3) is 0 Å². The number of hydrogen-bond acceptors (Lipinski definition) is 2. The van der Waals surface area contributed by atoms with Gasteiger partial charge in [-0.2, -0.15) is 0 Å². The van der Waals surface area contributed by atoms with E-state index in [0.717, 1.165) is 12.3 Å². The van der Waals surface area contributed by atoms with Crippen LogP contribution in [0.3, 0.4) is 0 Å². The minimum absolute atomic E-state index is 0.00731. The van der Waals surface area contributed by atoms with E-state index in [4.69, 9.17) is 10.5 Å². The van der Waals surface area contributed by atoms with Crippen molar-refractivity contribution in [1.29, 1.82) is 0 Å².